The summed E-state index contributed by atoms with van der Waals surface area (Å²) in [7, 11) is 0. The molecular weight excluding hydrogens is 356 g/mol. The van der Waals surface area contributed by atoms with Crippen LogP contribution >= 0.6 is 0 Å². The van der Waals surface area contributed by atoms with Gasteiger partial charge in [-0.15, -0.1) is 0 Å². The van der Waals surface area contributed by atoms with Gasteiger partial charge in [-0.05, 0) is 49.2 Å². The van der Waals surface area contributed by atoms with Crippen molar-refractivity contribution in [2.75, 3.05) is 0 Å². The molecule has 0 spiro atoms. The second kappa shape index (κ2) is 6.30. The van der Waals surface area contributed by atoms with Crippen molar-refractivity contribution in [3.63, 3.8) is 0 Å². The van der Waals surface area contributed by atoms with Crippen LogP contribution in [0, 0.1) is 6.92 Å². The maximum Gasteiger partial charge on any atom is 0.304 e. The standard InChI is InChI=1S/C21H18N4O3/c1-12-6-16(11-22-10-12)21-23-20(24-28-21)14-2-3-17-15(7-14)8-18-13(9-19(26)27)4-5-25(17)18/h2-3,6-8,10-11,13H,4-5,9H2,1H3,(H,26,27). The fraction of sp³-hybridized carbons (Fsp3) is 0.238. The van der Waals surface area contributed by atoms with E-state index in [0.29, 0.717) is 11.7 Å². The fourth-order valence-electron chi connectivity index (χ4n) is 4.00. The molecule has 5 rings (SSSR count). The van der Waals surface area contributed by atoms with Crippen molar-refractivity contribution in [1.29, 1.82) is 0 Å². The minimum absolute atomic E-state index is 0.0685. The Morgan fingerprint density at radius 1 is 1.25 bits per heavy atom. The molecule has 7 nitrogen and oxygen atoms in total. The predicted molar refractivity (Wildman–Crippen MR) is 103 cm³/mol. The number of rotatable bonds is 4. The number of aryl methyl sites for hydroxylation is 2. The van der Waals surface area contributed by atoms with Crippen LogP contribution in [0.25, 0.3) is 33.7 Å². The lowest BCUT2D eigenvalue weighted by Crippen LogP contribution is -2.02. The van der Waals surface area contributed by atoms with Gasteiger partial charge >= 0.3 is 5.97 Å². The molecule has 1 aliphatic heterocycles. The fourth-order valence-corrected chi connectivity index (χ4v) is 4.00. The molecule has 1 aromatic carbocycles. The summed E-state index contributed by atoms with van der Waals surface area (Å²) in [4.78, 5) is 19.8. The summed E-state index contributed by atoms with van der Waals surface area (Å²) in [5.41, 5.74) is 4.88. The van der Waals surface area contributed by atoms with Gasteiger partial charge in [0.15, 0.2) is 0 Å². The highest BCUT2D eigenvalue weighted by Gasteiger charge is 2.26. The van der Waals surface area contributed by atoms with E-state index < -0.39 is 5.97 Å². The van der Waals surface area contributed by atoms with E-state index >= 15 is 0 Å². The SMILES string of the molecule is Cc1cncc(-c2nc(-c3ccc4c(c3)cc3n4CCC3CC(=O)O)no2)c1. The van der Waals surface area contributed by atoms with E-state index in [9.17, 15) is 4.79 Å². The highest BCUT2D eigenvalue weighted by atomic mass is 16.5. The zero-order chi connectivity index (χ0) is 19.3. The third kappa shape index (κ3) is 2.76. The average molecular weight is 374 g/mol. The van der Waals surface area contributed by atoms with E-state index in [1.54, 1.807) is 12.4 Å². The maximum atomic E-state index is 11.1. The van der Waals surface area contributed by atoms with Crippen LogP contribution in [0.3, 0.4) is 0 Å². The van der Waals surface area contributed by atoms with Crippen LogP contribution in [0.2, 0.25) is 0 Å². The number of aromatic nitrogens is 4. The van der Waals surface area contributed by atoms with Crippen molar-refractivity contribution >= 4 is 16.9 Å². The lowest BCUT2D eigenvalue weighted by Gasteiger charge is -2.04. The Labute approximate surface area is 160 Å². The molecule has 1 atom stereocenters. The molecule has 140 valence electrons. The van der Waals surface area contributed by atoms with E-state index in [2.05, 4.69) is 25.8 Å². The largest absolute Gasteiger partial charge is 0.481 e. The molecule has 28 heavy (non-hydrogen) atoms. The summed E-state index contributed by atoms with van der Waals surface area (Å²) in [6.45, 7) is 2.81. The van der Waals surface area contributed by atoms with Gasteiger partial charge in [0.05, 0.1) is 12.0 Å². The van der Waals surface area contributed by atoms with Crippen LogP contribution in [0.5, 0.6) is 0 Å². The number of carboxylic acid groups (broad SMARTS) is 1. The summed E-state index contributed by atoms with van der Waals surface area (Å²) in [6, 6.07) is 10.1. The Balaban J connectivity index is 1.50. The van der Waals surface area contributed by atoms with Crippen molar-refractivity contribution in [1.82, 2.24) is 19.7 Å². The zero-order valence-electron chi connectivity index (χ0n) is 15.3. The third-order valence-corrected chi connectivity index (χ3v) is 5.28. The summed E-state index contributed by atoms with van der Waals surface area (Å²) in [5.74, 6) is 0.271. The molecule has 1 N–H and O–H groups in total. The van der Waals surface area contributed by atoms with Crippen molar-refractivity contribution < 1.29 is 14.4 Å². The first-order valence-electron chi connectivity index (χ1n) is 9.19. The number of benzene rings is 1. The third-order valence-electron chi connectivity index (χ3n) is 5.28. The topological polar surface area (TPSA) is 94.0 Å². The van der Waals surface area contributed by atoms with E-state index in [1.165, 1.54) is 0 Å². The number of carbonyl (C=O) groups is 1. The highest BCUT2D eigenvalue weighted by Crippen LogP contribution is 2.37. The van der Waals surface area contributed by atoms with Crippen LogP contribution < -0.4 is 0 Å². The maximum absolute atomic E-state index is 11.1. The quantitative estimate of drug-likeness (QED) is 0.580. The number of carboxylic acids is 1. The Morgan fingerprint density at radius 3 is 2.96 bits per heavy atom. The van der Waals surface area contributed by atoms with Crippen molar-refractivity contribution in [3.05, 3.63) is 54.0 Å². The monoisotopic (exact) mass is 374 g/mol. The molecule has 0 fully saturated rings. The van der Waals surface area contributed by atoms with Crippen LogP contribution in [0.1, 0.15) is 30.0 Å². The van der Waals surface area contributed by atoms with Gasteiger partial charge in [-0.2, -0.15) is 4.98 Å². The van der Waals surface area contributed by atoms with Gasteiger partial charge in [0, 0.05) is 47.0 Å². The van der Waals surface area contributed by atoms with E-state index in [-0.39, 0.29) is 12.3 Å². The van der Waals surface area contributed by atoms with Gasteiger partial charge in [-0.1, -0.05) is 5.16 Å². The minimum atomic E-state index is -0.755. The molecule has 0 saturated heterocycles. The summed E-state index contributed by atoms with van der Waals surface area (Å²) < 4.78 is 7.64. The van der Waals surface area contributed by atoms with Crippen LogP contribution in [0.15, 0.2) is 47.2 Å². The summed E-state index contributed by atoms with van der Waals surface area (Å²) >= 11 is 0. The molecule has 0 bridgehead atoms. The normalized spacial score (nSPS) is 15.8. The van der Waals surface area contributed by atoms with E-state index in [4.69, 9.17) is 9.63 Å². The first kappa shape index (κ1) is 16.7. The van der Waals surface area contributed by atoms with Gasteiger partial charge in [0.2, 0.25) is 5.82 Å². The van der Waals surface area contributed by atoms with Crippen molar-refractivity contribution in [2.24, 2.45) is 0 Å². The summed E-state index contributed by atoms with van der Waals surface area (Å²) in [5, 5.41) is 14.3. The van der Waals surface area contributed by atoms with Gasteiger partial charge < -0.3 is 14.2 Å². The van der Waals surface area contributed by atoms with E-state index in [1.807, 2.05) is 31.2 Å². The molecule has 1 unspecified atom stereocenters. The first-order chi connectivity index (χ1) is 13.6. The van der Waals surface area contributed by atoms with Gasteiger partial charge in [-0.25, -0.2) is 0 Å². The number of hydrogen-bond donors (Lipinski definition) is 1. The second-order valence-corrected chi connectivity index (χ2v) is 7.25. The summed E-state index contributed by atoms with van der Waals surface area (Å²) in [6.07, 6.45) is 4.52. The number of fused-ring (bicyclic) bond motifs is 3. The van der Waals surface area contributed by atoms with E-state index in [0.717, 1.165) is 46.3 Å². The molecule has 0 radical (unpaired) electrons. The van der Waals surface area contributed by atoms with Gasteiger partial charge in [0.1, 0.15) is 0 Å². The molecule has 0 saturated carbocycles. The van der Waals surface area contributed by atoms with Crippen molar-refractivity contribution in [2.45, 2.75) is 32.2 Å². The Kier molecular flexibility index (Phi) is 3.75. The Morgan fingerprint density at radius 2 is 2.14 bits per heavy atom. The Hall–Kier alpha value is -3.48. The average Bonchev–Trinajstić information content (AvgIpc) is 3.37. The molecular formula is C21H18N4O3. The van der Waals surface area contributed by atoms with Crippen LogP contribution in [-0.4, -0.2) is 30.8 Å². The Bertz CT molecular complexity index is 1210. The molecule has 4 aromatic rings. The number of nitrogens with zero attached hydrogens (tertiary/aromatic N) is 4. The molecule has 0 amide bonds. The molecule has 0 aliphatic carbocycles. The highest BCUT2D eigenvalue weighted by molar-refractivity contribution is 5.86. The zero-order valence-corrected chi connectivity index (χ0v) is 15.3. The van der Waals surface area contributed by atoms with Crippen LogP contribution in [0.4, 0.5) is 0 Å². The van der Waals surface area contributed by atoms with Crippen molar-refractivity contribution in [3.8, 4) is 22.8 Å². The number of hydrogen-bond acceptors (Lipinski definition) is 5. The predicted octanol–water partition coefficient (Wildman–Crippen LogP) is 4.02. The van der Waals surface area contributed by atoms with Gasteiger partial charge in [-0.3, -0.25) is 9.78 Å². The lowest BCUT2D eigenvalue weighted by atomic mass is 10.0. The second-order valence-electron chi connectivity index (χ2n) is 7.25. The smallest absolute Gasteiger partial charge is 0.304 e. The first-order valence-corrected chi connectivity index (χ1v) is 9.19. The molecule has 7 heteroatoms. The molecule has 4 heterocycles. The lowest BCUT2D eigenvalue weighted by molar-refractivity contribution is -0.137. The number of aliphatic carboxylic acids is 1. The van der Waals surface area contributed by atoms with Gasteiger partial charge in [0.25, 0.3) is 5.89 Å². The minimum Gasteiger partial charge on any atom is -0.481 e. The van der Waals surface area contributed by atoms with Crippen LogP contribution in [-0.2, 0) is 11.3 Å². The molecule has 1 aliphatic rings. The number of pyridine rings is 1. The molecule has 3 aromatic heterocycles.